The first kappa shape index (κ1) is 22.4. The molecule has 0 amide bonds. The Morgan fingerprint density at radius 2 is 1.53 bits per heavy atom. The van der Waals surface area contributed by atoms with Crippen molar-refractivity contribution in [3.05, 3.63) is 93.0 Å². The first-order chi connectivity index (χ1) is 14.1. The van der Waals surface area contributed by atoms with Crippen molar-refractivity contribution in [2.75, 3.05) is 6.61 Å². The molecular formula is C21H22N4O5. The number of fused-ring (bicyclic) bond motifs is 2. The zero-order valence-corrected chi connectivity index (χ0v) is 15.6. The van der Waals surface area contributed by atoms with Gasteiger partial charge in [0.05, 0.1) is 18.8 Å². The largest absolute Gasteiger partial charge is 0.462 e. The van der Waals surface area contributed by atoms with Crippen molar-refractivity contribution in [1.82, 2.24) is 18.8 Å². The molecule has 4 rings (SSSR count). The van der Waals surface area contributed by atoms with E-state index in [0.29, 0.717) is 16.9 Å². The summed E-state index contributed by atoms with van der Waals surface area (Å²) in [6.45, 7) is 1.64. The van der Waals surface area contributed by atoms with Crippen molar-refractivity contribution in [3.63, 3.8) is 0 Å². The minimum atomic E-state index is -0.641. The fourth-order valence-corrected chi connectivity index (χ4v) is 2.55. The van der Waals surface area contributed by atoms with E-state index in [1.165, 1.54) is 21.2 Å². The summed E-state index contributed by atoms with van der Waals surface area (Å²) in [5, 5.41) is 8.82. The van der Waals surface area contributed by atoms with Crippen molar-refractivity contribution < 1.29 is 14.6 Å². The minimum absolute atomic E-state index is 0. The lowest BCUT2D eigenvalue weighted by Crippen LogP contribution is -2.24. The van der Waals surface area contributed by atoms with Gasteiger partial charge in [0, 0.05) is 24.8 Å². The van der Waals surface area contributed by atoms with Crippen LogP contribution in [0.15, 0.2) is 70.8 Å². The third-order valence-electron chi connectivity index (χ3n) is 3.96. The number of aliphatic hydroxyl groups is 1. The summed E-state index contributed by atoms with van der Waals surface area (Å²) < 4.78 is 7.49. The fraction of sp³-hybridized carbons (Fsp3) is 0.190. The van der Waals surface area contributed by atoms with Crippen molar-refractivity contribution in [3.8, 4) is 0 Å². The highest BCUT2D eigenvalue weighted by Crippen LogP contribution is 1.99. The topological polar surface area (TPSA) is 115 Å². The van der Waals surface area contributed by atoms with Gasteiger partial charge in [-0.2, -0.15) is 0 Å². The molecule has 9 heteroatoms. The van der Waals surface area contributed by atoms with Crippen molar-refractivity contribution in [2.24, 2.45) is 0 Å². The number of carbonyl (C=O) groups excluding carboxylic acids is 1. The van der Waals surface area contributed by atoms with E-state index in [-0.39, 0.29) is 31.8 Å². The summed E-state index contributed by atoms with van der Waals surface area (Å²) in [5.41, 5.74) is 0.719. The summed E-state index contributed by atoms with van der Waals surface area (Å²) in [7, 11) is 0. The van der Waals surface area contributed by atoms with E-state index in [9.17, 15) is 14.4 Å². The van der Waals surface area contributed by atoms with Crippen molar-refractivity contribution >= 4 is 17.3 Å². The van der Waals surface area contributed by atoms with Crippen LogP contribution in [0.5, 0.6) is 0 Å². The van der Waals surface area contributed by atoms with Crippen LogP contribution in [0.3, 0.4) is 0 Å². The van der Waals surface area contributed by atoms with E-state index >= 15 is 0 Å². The molecule has 9 nitrogen and oxygen atoms in total. The van der Waals surface area contributed by atoms with E-state index in [2.05, 4.69) is 9.97 Å². The van der Waals surface area contributed by atoms with Gasteiger partial charge in [0.15, 0.2) is 0 Å². The zero-order valence-electron chi connectivity index (χ0n) is 15.6. The van der Waals surface area contributed by atoms with Crippen LogP contribution in [0.1, 0.15) is 30.3 Å². The van der Waals surface area contributed by atoms with Crippen LogP contribution < -0.4 is 11.1 Å². The average molecular weight is 410 g/mol. The maximum Gasteiger partial charge on any atom is 0.345 e. The van der Waals surface area contributed by atoms with Crippen LogP contribution in [0, 0.1) is 0 Å². The van der Waals surface area contributed by atoms with Gasteiger partial charge in [-0.1, -0.05) is 19.6 Å². The lowest BCUT2D eigenvalue weighted by molar-refractivity contribution is 0.0523. The lowest BCUT2D eigenvalue weighted by atomic mass is 10.3. The Hall–Kier alpha value is -3.85. The molecule has 0 bridgehead atoms. The van der Waals surface area contributed by atoms with E-state index in [1.807, 2.05) is 0 Å². The van der Waals surface area contributed by atoms with Crippen LogP contribution >= 0.6 is 0 Å². The Labute approximate surface area is 171 Å². The van der Waals surface area contributed by atoms with E-state index in [1.54, 1.807) is 55.7 Å². The van der Waals surface area contributed by atoms with Gasteiger partial charge >= 0.3 is 5.97 Å². The second-order valence-electron chi connectivity index (χ2n) is 5.80. The summed E-state index contributed by atoms with van der Waals surface area (Å²) in [6, 6.07) is 10.5. The number of hydrogen-bond donors (Lipinski definition) is 1. The molecule has 0 radical (unpaired) electrons. The Balaban J connectivity index is 0.000000211. The molecule has 4 heterocycles. The highest BCUT2D eigenvalue weighted by Gasteiger charge is 2.13. The predicted octanol–water partition coefficient (Wildman–Crippen LogP) is 1.69. The van der Waals surface area contributed by atoms with E-state index < -0.39 is 11.5 Å². The van der Waals surface area contributed by atoms with Gasteiger partial charge in [-0.15, -0.1) is 0 Å². The van der Waals surface area contributed by atoms with Gasteiger partial charge in [0.25, 0.3) is 11.1 Å². The number of rotatable bonds is 3. The van der Waals surface area contributed by atoms with Crippen LogP contribution in [0.2, 0.25) is 0 Å². The summed E-state index contributed by atoms with van der Waals surface area (Å²) in [6.07, 6.45) is 5.84. The molecule has 0 aliphatic rings. The molecule has 4 aromatic heterocycles. The third-order valence-corrected chi connectivity index (χ3v) is 3.96. The third kappa shape index (κ3) is 4.58. The minimum Gasteiger partial charge on any atom is -0.462 e. The molecular weight excluding hydrogens is 388 g/mol. The first-order valence-electron chi connectivity index (χ1n) is 8.76. The van der Waals surface area contributed by atoms with Crippen LogP contribution in [-0.2, 0) is 11.3 Å². The molecule has 0 atom stereocenters. The Morgan fingerprint density at radius 1 is 0.967 bits per heavy atom. The second kappa shape index (κ2) is 10.1. The number of esters is 1. The molecule has 1 N–H and O–H groups in total. The number of pyridine rings is 2. The number of aliphatic hydroxyl groups excluding tert-OH is 1. The Morgan fingerprint density at radius 3 is 2.10 bits per heavy atom. The summed E-state index contributed by atoms with van der Waals surface area (Å²) >= 11 is 0. The van der Waals surface area contributed by atoms with Crippen LogP contribution in [0.25, 0.3) is 11.3 Å². The van der Waals surface area contributed by atoms with Crippen LogP contribution in [-0.4, -0.2) is 36.5 Å². The molecule has 156 valence electrons. The van der Waals surface area contributed by atoms with Crippen LogP contribution in [0.4, 0.5) is 0 Å². The normalized spacial score (nSPS) is 10.1. The number of ether oxygens (including phenoxy) is 1. The monoisotopic (exact) mass is 410 g/mol. The molecule has 0 aliphatic carbocycles. The van der Waals surface area contributed by atoms with Crippen molar-refractivity contribution in [1.29, 1.82) is 0 Å². The molecule has 30 heavy (non-hydrogen) atoms. The fourth-order valence-electron chi connectivity index (χ4n) is 2.55. The van der Waals surface area contributed by atoms with Gasteiger partial charge in [0.1, 0.15) is 16.9 Å². The van der Waals surface area contributed by atoms with Gasteiger partial charge < -0.3 is 9.84 Å². The Bertz CT molecular complexity index is 1280. The van der Waals surface area contributed by atoms with E-state index in [4.69, 9.17) is 9.84 Å². The first-order valence-corrected chi connectivity index (χ1v) is 8.76. The highest BCUT2D eigenvalue weighted by atomic mass is 16.5. The standard InChI is InChI=1S/C11H10N2O3.C9H8N2O2.CH4/c1-2-16-11(15)8-7-12-9-5-3-4-6-13(9)10(8)14;12-6-7-5-10-8-3-1-2-4-11(8)9(7)13;/h3-7H,2H2,1H3;1-5,12H,6H2;1H4. The highest BCUT2D eigenvalue weighted by molar-refractivity contribution is 5.88. The summed E-state index contributed by atoms with van der Waals surface area (Å²) in [5.74, 6) is -0.641. The number of carbonyl (C=O) groups is 1. The maximum atomic E-state index is 11.9. The number of aromatic nitrogens is 4. The second-order valence-corrected chi connectivity index (χ2v) is 5.80. The summed E-state index contributed by atoms with van der Waals surface area (Å²) in [4.78, 5) is 42.8. The number of nitrogens with zero attached hydrogens (tertiary/aromatic N) is 4. The molecule has 0 aromatic carbocycles. The Kier molecular flexibility index (Phi) is 7.54. The van der Waals surface area contributed by atoms with Gasteiger partial charge in [-0.05, 0) is 31.2 Å². The quantitative estimate of drug-likeness (QED) is 0.511. The number of hydrogen-bond acceptors (Lipinski definition) is 7. The van der Waals surface area contributed by atoms with E-state index in [0.717, 1.165) is 0 Å². The van der Waals surface area contributed by atoms with Crippen molar-refractivity contribution in [2.45, 2.75) is 21.0 Å². The predicted molar refractivity (Wildman–Crippen MR) is 112 cm³/mol. The molecule has 0 unspecified atom stereocenters. The molecule has 0 saturated heterocycles. The molecule has 4 aromatic rings. The molecule has 0 saturated carbocycles. The molecule has 0 aliphatic heterocycles. The maximum absolute atomic E-state index is 11.9. The molecule has 0 fully saturated rings. The SMILES string of the molecule is C.CCOC(=O)c1cnc2ccccn2c1=O.O=c1c(CO)cnc2ccccn12. The zero-order chi connectivity index (χ0) is 20.8. The van der Waals surface area contributed by atoms with Gasteiger partial charge in [-0.3, -0.25) is 18.4 Å². The molecule has 0 spiro atoms. The smallest absolute Gasteiger partial charge is 0.345 e. The van der Waals surface area contributed by atoms with Gasteiger partial charge in [0.2, 0.25) is 0 Å². The lowest BCUT2D eigenvalue weighted by Gasteiger charge is -2.03. The average Bonchev–Trinajstić information content (AvgIpc) is 2.75. The van der Waals surface area contributed by atoms with Gasteiger partial charge in [-0.25, -0.2) is 14.8 Å².